The summed E-state index contributed by atoms with van der Waals surface area (Å²) < 4.78 is 43.4. The Balaban J connectivity index is 1.79. The summed E-state index contributed by atoms with van der Waals surface area (Å²) in [7, 11) is 0. The Kier molecular flexibility index (Phi) is 3.57. The largest absolute Gasteiger partial charge is 0.486 e. The Hall–Kier alpha value is -2.04. The molecule has 5 heteroatoms. The molecule has 1 aliphatic rings. The lowest BCUT2D eigenvalue weighted by molar-refractivity contribution is -0.137. The third-order valence-electron chi connectivity index (χ3n) is 3.67. The zero-order chi connectivity index (χ0) is 14.9. The molecule has 0 aliphatic heterocycles. The third kappa shape index (κ3) is 3.01. The van der Waals surface area contributed by atoms with Crippen LogP contribution in [0.4, 0.5) is 13.2 Å². The van der Waals surface area contributed by atoms with Gasteiger partial charge in [-0.2, -0.15) is 13.2 Å². The molecule has 1 aliphatic carbocycles. The van der Waals surface area contributed by atoms with Gasteiger partial charge in [0.25, 0.3) is 0 Å². The van der Waals surface area contributed by atoms with E-state index in [1.165, 1.54) is 17.7 Å². The number of aryl methyl sites for hydroxylation is 1. The summed E-state index contributed by atoms with van der Waals surface area (Å²) in [4.78, 5) is 4.11. The number of pyridine rings is 1. The van der Waals surface area contributed by atoms with Gasteiger partial charge in [-0.1, -0.05) is 0 Å². The SMILES string of the molecule is FC(F)(F)c1ccc(OC2CCCc3ccncc32)cc1. The summed E-state index contributed by atoms with van der Waals surface area (Å²) in [6.45, 7) is 0. The molecule has 1 aromatic heterocycles. The van der Waals surface area contributed by atoms with Crippen LogP contribution in [0.1, 0.15) is 35.6 Å². The van der Waals surface area contributed by atoms with E-state index < -0.39 is 11.7 Å². The summed E-state index contributed by atoms with van der Waals surface area (Å²) in [5, 5.41) is 0. The van der Waals surface area contributed by atoms with Crippen molar-refractivity contribution in [3.8, 4) is 5.75 Å². The van der Waals surface area contributed by atoms with Crippen LogP contribution in [0, 0.1) is 0 Å². The van der Waals surface area contributed by atoms with Gasteiger partial charge in [-0.25, -0.2) is 0 Å². The van der Waals surface area contributed by atoms with E-state index >= 15 is 0 Å². The van der Waals surface area contributed by atoms with Crippen LogP contribution in [0.5, 0.6) is 5.75 Å². The van der Waals surface area contributed by atoms with Crippen molar-refractivity contribution in [1.29, 1.82) is 0 Å². The number of alkyl halides is 3. The average Bonchev–Trinajstić information content (AvgIpc) is 2.47. The van der Waals surface area contributed by atoms with Crippen LogP contribution in [0.15, 0.2) is 42.7 Å². The predicted octanol–water partition coefficient (Wildman–Crippen LogP) is 4.56. The molecule has 0 amide bonds. The van der Waals surface area contributed by atoms with Crippen molar-refractivity contribution < 1.29 is 17.9 Å². The van der Waals surface area contributed by atoms with Crippen LogP contribution in [-0.4, -0.2) is 4.98 Å². The number of hydrogen-bond acceptors (Lipinski definition) is 2. The van der Waals surface area contributed by atoms with Gasteiger partial charge in [-0.3, -0.25) is 4.98 Å². The van der Waals surface area contributed by atoms with Crippen molar-refractivity contribution in [1.82, 2.24) is 4.98 Å². The second kappa shape index (κ2) is 5.39. The molecule has 0 spiro atoms. The molecule has 1 unspecified atom stereocenters. The maximum Gasteiger partial charge on any atom is 0.416 e. The zero-order valence-corrected chi connectivity index (χ0v) is 11.2. The van der Waals surface area contributed by atoms with Crippen LogP contribution in [0.2, 0.25) is 0 Å². The first-order valence-electron chi connectivity index (χ1n) is 6.81. The first-order chi connectivity index (χ1) is 10.0. The lowest BCUT2D eigenvalue weighted by Crippen LogP contribution is -2.15. The average molecular weight is 293 g/mol. The Morgan fingerprint density at radius 3 is 2.57 bits per heavy atom. The molecule has 21 heavy (non-hydrogen) atoms. The van der Waals surface area contributed by atoms with E-state index in [-0.39, 0.29) is 6.10 Å². The Morgan fingerprint density at radius 2 is 1.86 bits per heavy atom. The van der Waals surface area contributed by atoms with Crippen molar-refractivity contribution in [2.75, 3.05) is 0 Å². The van der Waals surface area contributed by atoms with Gasteiger partial charge in [-0.05, 0) is 55.2 Å². The minimum Gasteiger partial charge on any atom is -0.486 e. The van der Waals surface area contributed by atoms with Crippen LogP contribution >= 0.6 is 0 Å². The number of benzene rings is 1. The van der Waals surface area contributed by atoms with Crippen LogP contribution < -0.4 is 4.74 Å². The van der Waals surface area contributed by atoms with E-state index in [1.807, 2.05) is 6.07 Å². The molecule has 0 saturated heterocycles. The summed E-state index contributed by atoms with van der Waals surface area (Å²) in [5.74, 6) is 0.449. The molecule has 0 fully saturated rings. The van der Waals surface area contributed by atoms with Crippen LogP contribution in [-0.2, 0) is 12.6 Å². The molecule has 0 saturated carbocycles. The molecule has 1 aromatic carbocycles. The maximum atomic E-state index is 12.5. The van der Waals surface area contributed by atoms with Crippen molar-refractivity contribution >= 4 is 0 Å². The molecule has 3 rings (SSSR count). The minimum atomic E-state index is -4.32. The number of hydrogen-bond donors (Lipinski definition) is 0. The Bertz CT molecular complexity index is 622. The van der Waals surface area contributed by atoms with Gasteiger partial charge < -0.3 is 4.74 Å². The van der Waals surface area contributed by atoms with Crippen LogP contribution in [0.3, 0.4) is 0 Å². The van der Waals surface area contributed by atoms with Gasteiger partial charge in [0.2, 0.25) is 0 Å². The monoisotopic (exact) mass is 293 g/mol. The van der Waals surface area contributed by atoms with E-state index in [1.54, 1.807) is 12.4 Å². The first kappa shape index (κ1) is 13.9. The highest BCUT2D eigenvalue weighted by Gasteiger charge is 2.30. The number of ether oxygens (including phenoxy) is 1. The van der Waals surface area contributed by atoms with Gasteiger partial charge in [-0.15, -0.1) is 0 Å². The van der Waals surface area contributed by atoms with Crippen molar-refractivity contribution in [3.63, 3.8) is 0 Å². The number of halogens is 3. The topological polar surface area (TPSA) is 22.1 Å². The molecule has 2 nitrogen and oxygen atoms in total. The molecular formula is C16H14F3NO. The van der Waals surface area contributed by atoms with Crippen molar-refractivity contribution in [2.45, 2.75) is 31.5 Å². The zero-order valence-electron chi connectivity index (χ0n) is 11.2. The van der Waals surface area contributed by atoms with Gasteiger partial charge in [0, 0.05) is 18.0 Å². The fourth-order valence-electron chi connectivity index (χ4n) is 2.60. The standard InChI is InChI=1S/C16H14F3NO/c17-16(18,19)12-4-6-13(7-5-12)21-15-3-1-2-11-8-9-20-10-14(11)15/h4-10,15H,1-3H2. The van der Waals surface area contributed by atoms with E-state index in [9.17, 15) is 13.2 Å². The van der Waals surface area contributed by atoms with Crippen molar-refractivity contribution in [2.24, 2.45) is 0 Å². The van der Waals surface area contributed by atoms with E-state index in [0.29, 0.717) is 5.75 Å². The van der Waals surface area contributed by atoms with E-state index in [2.05, 4.69) is 4.98 Å². The fourth-order valence-corrected chi connectivity index (χ4v) is 2.60. The molecule has 2 aromatic rings. The third-order valence-corrected chi connectivity index (χ3v) is 3.67. The summed E-state index contributed by atoms with van der Waals surface area (Å²) in [5.41, 5.74) is 1.57. The Labute approximate surface area is 120 Å². The van der Waals surface area contributed by atoms with Crippen molar-refractivity contribution in [3.05, 3.63) is 59.4 Å². The molecular weight excluding hydrogens is 279 g/mol. The maximum absolute atomic E-state index is 12.5. The fraction of sp³-hybridized carbons (Fsp3) is 0.312. The van der Waals surface area contributed by atoms with Crippen LogP contribution in [0.25, 0.3) is 0 Å². The second-order valence-electron chi connectivity index (χ2n) is 5.10. The summed E-state index contributed by atoms with van der Waals surface area (Å²) in [6.07, 6.45) is 1.91. The van der Waals surface area contributed by atoms with Gasteiger partial charge in [0.15, 0.2) is 0 Å². The number of fused-ring (bicyclic) bond motifs is 1. The molecule has 1 atom stereocenters. The van der Waals surface area contributed by atoms with Gasteiger partial charge >= 0.3 is 6.18 Å². The molecule has 0 bridgehead atoms. The molecule has 110 valence electrons. The number of rotatable bonds is 2. The number of nitrogens with zero attached hydrogens (tertiary/aromatic N) is 1. The second-order valence-corrected chi connectivity index (χ2v) is 5.10. The highest BCUT2D eigenvalue weighted by molar-refractivity contribution is 5.32. The molecule has 0 radical (unpaired) electrons. The summed E-state index contributed by atoms with van der Waals surface area (Å²) >= 11 is 0. The summed E-state index contributed by atoms with van der Waals surface area (Å²) in [6, 6.07) is 6.79. The molecule has 0 N–H and O–H groups in total. The lowest BCUT2D eigenvalue weighted by Gasteiger charge is -2.26. The first-order valence-corrected chi connectivity index (χ1v) is 6.81. The smallest absolute Gasteiger partial charge is 0.416 e. The van der Waals surface area contributed by atoms with E-state index in [4.69, 9.17) is 4.74 Å². The quantitative estimate of drug-likeness (QED) is 0.810. The molecule has 1 heterocycles. The number of aromatic nitrogens is 1. The van der Waals surface area contributed by atoms with Gasteiger partial charge in [0.1, 0.15) is 11.9 Å². The highest BCUT2D eigenvalue weighted by atomic mass is 19.4. The van der Waals surface area contributed by atoms with Gasteiger partial charge in [0.05, 0.1) is 5.56 Å². The Morgan fingerprint density at radius 1 is 1.10 bits per heavy atom. The minimum absolute atomic E-state index is 0.140. The highest BCUT2D eigenvalue weighted by Crippen LogP contribution is 2.34. The predicted molar refractivity (Wildman–Crippen MR) is 72.0 cm³/mol. The lowest BCUT2D eigenvalue weighted by atomic mass is 9.91. The normalized spacial score (nSPS) is 18.1. The van der Waals surface area contributed by atoms with E-state index in [0.717, 1.165) is 37.0 Å².